The van der Waals surface area contributed by atoms with Crippen LogP contribution in [0.1, 0.15) is 70.8 Å². The number of carbonyl (C=O) groups excluding carboxylic acids is 1. The van der Waals surface area contributed by atoms with Crippen molar-refractivity contribution in [2.75, 3.05) is 13.1 Å². The third kappa shape index (κ3) is 5.66. The molecular formula is C30H34Cl2N2O3S2. The molecule has 2 aromatic carbocycles. The van der Waals surface area contributed by atoms with Crippen molar-refractivity contribution in [3.05, 3.63) is 84.5 Å². The molecule has 5 nitrogen and oxygen atoms in total. The number of carbonyl (C=O) groups is 1. The summed E-state index contributed by atoms with van der Waals surface area (Å²) in [6, 6.07) is 10.6. The molecule has 2 heterocycles. The Morgan fingerprint density at radius 2 is 1.69 bits per heavy atom. The van der Waals surface area contributed by atoms with Crippen LogP contribution in [-0.4, -0.2) is 42.7 Å². The van der Waals surface area contributed by atoms with Gasteiger partial charge in [0.1, 0.15) is 0 Å². The fraction of sp³-hybridized carbons (Fsp3) is 0.433. The minimum atomic E-state index is -3.91. The predicted molar refractivity (Wildman–Crippen MR) is 159 cm³/mol. The highest BCUT2D eigenvalue weighted by atomic mass is 35.5. The van der Waals surface area contributed by atoms with Gasteiger partial charge < -0.3 is 4.90 Å². The lowest BCUT2D eigenvalue weighted by atomic mass is 9.93. The van der Waals surface area contributed by atoms with Crippen LogP contribution in [-0.2, 0) is 21.2 Å². The van der Waals surface area contributed by atoms with Crippen molar-refractivity contribution in [3.8, 4) is 0 Å². The zero-order valence-corrected chi connectivity index (χ0v) is 25.7. The van der Waals surface area contributed by atoms with Crippen LogP contribution in [0.15, 0.2) is 46.7 Å². The molecule has 1 atom stereocenters. The number of benzene rings is 2. The highest BCUT2D eigenvalue weighted by Crippen LogP contribution is 2.41. The minimum Gasteiger partial charge on any atom is -0.330 e. The molecule has 0 N–H and O–H groups in total. The fourth-order valence-corrected chi connectivity index (χ4v) is 9.80. The number of nitrogens with zero attached hydrogens (tertiary/aromatic N) is 2. The molecule has 1 aromatic heterocycles. The number of thiophene rings is 1. The van der Waals surface area contributed by atoms with Gasteiger partial charge in [0.25, 0.3) is 0 Å². The quantitative estimate of drug-likeness (QED) is 0.293. The van der Waals surface area contributed by atoms with Gasteiger partial charge in [0.15, 0.2) is 0 Å². The van der Waals surface area contributed by atoms with Crippen LogP contribution in [0.4, 0.5) is 0 Å². The maximum absolute atomic E-state index is 14.3. The summed E-state index contributed by atoms with van der Waals surface area (Å²) in [6.07, 6.45) is 5.26. The smallest absolute Gasteiger partial charge is 0.244 e. The first-order chi connectivity index (χ1) is 18.6. The summed E-state index contributed by atoms with van der Waals surface area (Å²) < 4.78 is 30.2. The van der Waals surface area contributed by atoms with Crippen LogP contribution >= 0.6 is 34.5 Å². The SMILES string of the molecule is Cc1cc(C)c(S(=O)(=O)N(CC(=O)N2CCc3sccc3C2c2ccc(Cl)cc2Cl)C2CCCCC2)c(C)c1. The predicted octanol–water partition coefficient (Wildman–Crippen LogP) is 7.48. The Labute approximate surface area is 245 Å². The lowest BCUT2D eigenvalue weighted by Gasteiger charge is -2.39. The number of halogens is 2. The van der Waals surface area contributed by atoms with Gasteiger partial charge >= 0.3 is 0 Å². The maximum Gasteiger partial charge on any atom is 0.244 e. The van der Waals surface area contributed by atoms with E-state index in [-0.39, 0.29) is 18.5 Å². The summed E-state index contributed by atoms with van der Waals surface area (Å²) in [5, 5.41) is 3.06. The fourth-order valence-electron chi connectivity index (χ4n) is 6.34. The molecule has 5 rings (SSSR count). The monoisotopic (exact) mass is 604 g/mol. The molecule has 1 fully saturated rings. The van der Waals surface area contributed by atoms with Gasteiger partial charge in [-0.25, -0.2) is 8.42 Å². The van der Waals surface area contributed by atoms with Crippen LogP contribution in [0.3, 0.4) is 0 Å². The molecule has 0 bridgehead atoms. The molecule has 0 saturated heterocycles. The zero-order valence-electron chi connectivity index (χ0n) is 22.5. The van der Waals surface area contributed by atoms with E-state index in [1.807, 2.05) is 55.3 Å². The first-order valence-corrected chi connectivity index (χ1v) is 16.6. The number of amides is 1. The van der Waals surface area contributed by atoms with Crippen molar-refractivity contribution in [2.24, 2.45) is 0 Å². The highest BCUT2D eigenvalue weighted by molar-refractivity contribution is 7.89. The van der Waals surface area contributed by atoms with Crippen molar-refractivity contribution in [1.82, 2.24) is 9.21 Å². The Morgan fingerprint density at radius 3 is 2.36 bits per heavy atom. The van der Waals surface area contributed by atoms with Crippen LogP contribution in [0.25, 0.3) is 0 Å². The van der Waals surface area contributed by atoms with E-state index in [2.05, 4.69) is 0 Å². The van der Waals surface area contributed by atoms with Crippen molar-refractivity contribution in [2.45, 2.75) is 76.3 Å². The molecule has 39 heavy (non-hydrogen) atoms. The second kappa shape index (κ2) is 11.5. The Bertz CT molecular complexity index is 1470. The van der Waals surface area contributed by atoms with E-state index in [0.29, 0.717) is 32.6 Å². The molecule has 1 amide bonds. The maximum atomic E-state index is 14.3. The van der Waals surface area contributed by atoms with Crippen molar-refractivity contribution in [3.63, 3.8) is 0 Å². The summed E-state index contributed by atoms with van der Waals surface area (Å²) >= 11 is 14.5. The number of rotatable bonds is 6. The molecule has 1 saturated carbocycles. The number of hydrogen-bond donors (Lipinski definition) is 0. The van der Waals surface area contributed by atoms with Gasteiger partial charge in [-0.15, -0.1) is 11.3 Å². The largest absolute Gasteiger partial charge is 0.330 e. The van der Waals surface area contributed by atoms with E-state index in [1.54, 1.807) is 23.5 Å². The van der Waals surface area contributed by atoms with Crippen LogP contribution < -0.4 is 0 Å². The Morgan fingerprint density at radius 1 is 1.00 bits per heavy atom. The number of hydrogen-bond acceptors (Lipinski definition) is 4. The normalized spacial score (nSPS) is 18.4. The number of fused-ring (bicyclic) bond motifs is 1. The molecule has 9 heteroatoms. The highest BCUT2D eigenvalue weighted by Gasteiger charge is 2.40. The second-order valence-electron chi connectivity index (χ2n) is 10.8. The second-order valence-corrected chi connectivity index (χ2v) is 14.4. The van der Waals surface area contributed by atoms with Crippen LogP contribution in [0.5, 0.6) is 0 Å². The zero-order chi connectivity index (χ0) is 27.9. The molecule has 1 aliphatic carbocycles. The van der Waals surface area contributed by atoms with Gasteiger partial charge in [-0.1, -0.05) is 66.2 Å². The first kappa shape index (κ1) is 28.6. The molecule has 0 radical (unpaired) electrons. The summed E-state index contributed by atoms with van der Waals surface area (Å²) in [7, 11) is -3.91. The summed E-state index contributed by atoms with van der Waals surface area (Å²) in [6.45, 7) is 5.96. The standard InChI is InChI=1S/C30H34Cl2N2O3S2/c1-19-15-20(2)30(21(3)16-19)39(36,37)34(23-7-5-4-6-8-23)18-28(35)33-13-11-27-25(12-14-38-27)29(33)24-10-9-22(31)17-26(24)32/h9-10,12,14-17,23,29H,4-8,11,13,18H2,1-3H3. The Hall–Kier alpha value is -1.90. The van der Waals surface area contributed by atoms with Gasteiger partial charge in [0, 0.05) is 27.5 Å². The Kier molecular flexibility index (Phi) is 8.46. The molecule has 2 aliphatic rings. The molecule has 0 spiro atoms. The summed E-state index contributed by atoms with van der Waals surface area (Å²) in [5.74, 6) is -0.209. The van der Waals surface area contributed by atoms with E-state index >= 15 is 0 Å². The van der Waals surface area contributed by atoms with Gasteiger partial charge in [-0.3, -0.25) is 4.79 Å². The Balaban J connectivity index is 1.54. The topological polar surface area (TPSA) is 57.7 Å². The molecule has 1 unspecified atom stereocenters. The van der Waals surface area contributed by atoms with Gasteiger partial charge in [-0.2, -0.15) is 4.31 Å². The van der Waals surface area contributed by atoms with Crippen LogP contribution in [0.2, 0.25) is 10.0 Å². The third-order valence-electron chi connectivity index (χ3n) is 7.99. The summed E-state index contributed by atoms with van der Waals surface area (Å²) in [4.78, 5) is 17.6. The van der Waals surface area contributed by atoms with Gasteiger partial charge in [0.05, 0.1) is 17.5 Å². The average Bonchev–Trinajstić information content (AvgIpc) is 3.35. The van der Waals surface area contributed by atoms with Crippen molar-refractivity contribution >= 4 is 50.5 Å². The third-order valence-corrected chi connectivity index (χ3v) is 11.8. The molecule has 208 valence electrons. The number of aryl methyl sites for hydroxylation is 3. The van der Waals surface area contributed by atoms with E-state index in [0.717, 1.165) is 55.2 Å². The van der Waals surface area contributed by atoms with Crippen molar-refractivity contribution in [1.29, 1.82) is 0 Å². The minimum absolute atomic E-state index is 0.194. The van der Waals surface area contributed by atoms with Crippen LogP contribution in [0, 0.1) is 20.8 Å². The van der Waals surface area contributed by atoms with Gasteiger partial charge in [0.2, 0.25) is 15.9 Å². The lowest BCUT2D eigenvalue weighted by molar-refractivity contribution is -0.133. The van der Waals surface area contributed by atoms with E-state index < -0.39 is 16.1 Å². The first-order valence-electron chi connectivity index (χ1n) is 13.5. The number of sulfonamides is 1. The average molecular weight is 606 g/mol. The molecule has 1 aliphatic heterocycles. The van der Waals surface area contributed by atoms with E-state index in [1.165, 1.54) is 9.18 Å². The van der Waals surface area contributed by atoms with Crippen molar-refractivity contribution < 1.29 is 13.2 Å². The summed E-state index contributed by atoms with van der Waals surface area (Å²) in [5.41, 5.74) is 4.29. The molecular weight excluding hydrogens is 571 g/mol. The van der Waals surface area contributed by atoms with E-state index in [4.69, 9.17) is 23.2 Å². The molecule has 3 aromatic rings. The van der Waals surface area contributed by atoms with Gasteiger partial charge in [-0.05, 0) is 85.9 Å². The lowest BCUT2D eigenvalue weighted by Crippen LogP contribution is -2.50. The van der Waals surface area contributed by atoms with E-state index in [9.17, 15) is 13.2 Å².